The lowest BCUT2D eigenvalue weighted by Crippen LogP contribution is -2.61. The van der Waals surface area contributed by atoms with Crippen LogP contribution in [0.25, 0.3) is 11.1 Å². The average Bonchev–Trinajstić information content (AvgIpc) is 3.16. The second kappa shape index (κ2) is 17.6. The van der Waals surface area contributed by atoms with Gasteiger partial charge in [-0.05, 0) is 92.3 Å². The molecule has 0 radical (unpaired) electrons. The lowest BCUT2D eigenvalue weighted by molar-refractivity contribution is -0.278. The molecule has 10 nitrogen and oxygen atoms in total. The molecule has 3 aliphatic rings. The fraction of sp³-hybridized carbons (Fsp3) is 0.523. The van der Waals surface area contributed by atoms with Crippen LogP contribution in [0.1, 0.15) is 114 Å². The van der Waals surface area contributed by atoms with Crippen LogP contribution >= 0.6 is 0 Å². The summed E-state index contributed by atoms with van der Waals surface area (Å²) in [5.74, 6) is -0.654. The molecule has 0 spiro atoms. The van der Waals surface area contributed by atoms with E-state index in [1.54, 1.807) is 0 Å². The number of carboxylic acid groups (broad SMARTS) is 1. The Morgan fingerprint density at radius 3 is 2.28 bits per heavy atom. The van der Waals surface area contributed by atoms with Gasteiger partial charge in [-0.1, -0.05) is 80.4 Å². The maximum Gasteiger partial charge on any atom is 0.303 e. The minimum absolute atomic E-state index is 0.0258. The molecule has 2 saturated heterocycles. The predicted molar refractivity (Wildman–Crippen MR) is 207 cm³/mol. The van der Waals surface area contributed by atoms with Crippen molar-refractivity contribution >= 4 is 17.8 Å². The molecule has 7 atom stereocenters. The molecule has 3 aromatic rings. The number of hydrogen-bond donors (Lipinski definition) is 4. The highest BCUT2D eigenvalue weighted by Gasteiger charge is 2.46. The van der Waals surface area contributed by atoms with E-state index in [2.05, 4.69) is 28.5 Å². The smallest absolute Gasteiger partial charge is 0.303 e. The largest absolute Gasteiger partial charge is 0.481 e. The predicted octanol–water partition coefficient (Wildman–Crippen LogP) is 7.06. The number of rotatable bonds is 12. The van der Waals surface area contributed by atoms with Crippen molar-refractivity contribution in [2.45, 2.75) is 128 Å². The van der Waals surface area contributed by atoms with Gasteiger partial charge in [0.05, 0.1) is 31.3 Å². The second-order valence-electron chi connectivity index (χ2n) is 16.5. The Hall–Kier alpha value is -4.09. The van der Waals surface area contributed by atoms with Gasteiger partial charge in [0.25, 0.3) is 0 Å². The van der Waals surface area contributed by atoms with Crippen LogP contribution in [-0.4, -0.2) is 63.2 Å². The van der Waals surface area contributed by atoms with Crippen molar-refractivity contribution < 1.29 is 34.1 Å². The van der Waals surface area contributed by atoms with Crippen molar-refractivity contribution in [2.24, 2.45) is 11.8 Å². The van der Waals surface area contributed by atoms with E-state index >= 15 is 0 Å². The molecule has 290 valence electrons. The van der Waals surface area contributed by atoms with Gasteiger partial charge in [-0.3, -0.25) is 19.3 Å². The molecule has 10 heteroatoms. The number of hydrogen-bond acceptors (Lipinski definition) is 7. The van der Waals surface area contributed by atoms with Gasteiger partial charge in [0.2, 0.25) is 11.8 Å². The molecular weight excluding hydrogens is 682 g/mol. The first-order valence-electron chi connectivity index (χ1n) is 19.6. The van der Waals surface area contributed by atoms with E-state index in [0.717, 1.165) is 52.6 Å². The number of aliphatic carboxylic acids is 1. The van der Waals surface area contributed by atoms with Crippen molar-refractivity contribution in [1.82, 2.24) is 15.5 Å². The lowest BCUT2D eigenvalue weighted by atomic mass is 9.75. The van der Waals surface area contributed by atoms with Crippen LogP contribution in [0.15, 0.2) is 72.8 Å². The second-order valence-corrected chi connectivity index (χ2v) is 16.5. The highest BCUT2D eigenvalue weighted by Crippen LogP contribution is 2.45. The Labute approximate surface area is 319 Å². The zero-order valence-corrected chi connectivity index (χ0v) is 32.1. The minimum Gasteiger partial charge on any atom is -0.481 e. The van der Waals surface area contributed by atoms with Gasteiger partial charge in [0, 0.05) is 42.6 Å². The zero-order valence-electron chi connectivity index (χ0n) is 32.1. The number of aliphatic hydroxyl groups is 1. The highest BCUT2D eigenvalue weighted by molar-refractivity contribution is 5.82. The standard InChI is InChI=1S/C44H57N3O7/c1-28-38(26-47-36-14-6-5-10-31(36)19-20-37(47)42(52)46-44(2,3)4)53-43(54-41(28)32-17-15-29(27-48)16-18-32)35-13-8-12-34(24-35)33-11-7-9-30(23-33)25-45-39(49)21-22-40(50)51/h7-9,11-13,15-18,23-24,28,31,36-38,41,43,48H,5-6,10,14,19-22,25-27H2,1-4H3,(H,45,49)(H,46,52)(H,50,51)/t28-,31-,36-,37-,38+,41+,43+/m1/s1. The van der Waals surface area contributed by atoms with Gasteiger partial charge in [-0.15, -0.1) is 0 Å². The van der Waals surface area contributed by atoms with Gasteiger partial charge >= 0.3 is 5.97 Å². The summed E-state index contributed by atoms with van der Waals surface area (Å²) in [5, 5.41) is 24.7. The van der Waals surface area contributed by atoms with Crippen LogP contribution in [-0.2, 0) is 37.0 Å². The van der Waals surface area contributed by atoms with Crippen molar-refractivity contribution in [3.63, 3.8) is 0 Å². The third-order valence-electron chi connectivity index (χ3n) is 11.3. The number of carboxylic acids is 1. The van der Waals surface area contributed by atoms with Crippen molar-refractivity contribution in [3.8, 4) is 11.1 Å². The number of nitrogens with one attached hydrogen (secondary N) is 2. The number of fused-ring (bicyclic) bond motifs is 1. The number of aliphatic hydroxyl groups excluding tert-OH is 1. The van der Waals surface area contributed by atoms with E-state index in [0.29, 0.717) is 25.0 Å². The van der Waals surface area contributed by atoms with Crippen molar-refractivity contribution in [1.29, 1.82) is 0 Å². The van der Waals surface area contributed by atoms with Crippen molar-refractivity contribution in [2.75, 3.05) is 6.54 Å². The number of nitrogens with zero attached hydrogens (tertiary/aromatic N) is 1. The summed E-state index contributed by atoms with van der Waals surface area (Å²) in [6.07, 6.45) is 5.16. The molecule has 1 saturated carbocycles. The molecule has 0 unspecified atom stereocenters. The summed E-state index contributed by atoms with van der Waals surface area (Å²) in [6, 6.07) is 24.1. The average molecular weight is 740 g/mol. The van der Waals surface area contributed by atoms with Gasteiger partial charge in [-0.25, -0.2) is 0 Å². The molecule has 2 heterocycles. The van der Waals surface area contributed by atoms with Crippen LogP contribution in [0.2, 0.25) is 0 Å². The van der Waals surface area contributed by atoms with E-state index in [4.69, 9.17) is 14.6 Å². The van der Waals surface area contributed by atoms with Crippen LogP contribution in [0.3, 0.4) is 0 Å². The molecular formula is C44H57N3O7. The third-order valence-corrected chi connectivity index (χ3v) is 11.3. The first-order valence-corrected chi connectivity index (χ1v) is 19.6. The third kappa shape index (κ3) is 9.96. The van der Waals surface area contributed by atoms with E-state index in [9.17, 15) is 19.5 Å². The molecule has 1 aliphatic carbocycles. The van der Waals surface area contributed by atoms with Crippen LogP contribution in [0.5, 0.6) is 0 Å². The maximum absolute atomic E-state index is 13.9. The van der Waals surface area contributed by atoms with E-state index in [1.165, 1.54) is 19.3 Å². The fourth-order valence-corrected chi connectivity index (χ4v) is 8.50. The molecule has 4 N–H and O–H groups in total. The Bertz CT molecular complexity index is 1760. The SMILES string of the molecule is C[C@@H]1[C@H](CN2[C@@H](C(=O)NC(C)(C)C)CC[C@H]3CCCC[C@H]32)O[C@H](c2cccc(-c3cccc(CNC(=O)CCC(=O)O)c3)c2)O[C@@H]1c1ccc(CO)cc1. The molecule has 0 aromatic heterocycles. The number of benzene rings is 3. The number of amides is 2. The quantitative estimate of drug-likeness (QED) is 0.155. The zero-order chi connectivity index (χ0) is 38.4. The Morgan fingerprint density at radius 2 is 1.56 bits per heavy atom. The molecule has 54 heavy (non-hydrogen) atoms. The van der Waals surface area contributed by atoms with Crippen LogP contribution in [0.4, 0.5) is 0 Å². The summed E-state index contributed by atoms with van der Waals surface area (Å²) in [6.45, 7) is 9.18. The lowest BCUT2D eigenvalue weighted by Gasteiger charge is -2.51. The molecule has 2 aliphatic heterocycles. The van der Waals surface area contributed by atoms with E-state index in [1.807, 2.05) is 87.5 Å². The molecule has 2 amide bonds. The topological polar surface area (TPSA) is 137 Å². The monoisotopic (exact) mass is 739 g/mol. The Balaban J connectivity index is 1.28. The van der Waals surface area contributed by atoms with Crippen molar-refractivity contribution in [3.05, 3.63) is 95.1 Å². The number of carbonyl (C=O) groups is 3. The van der Waals surface area contributed by atoms with Crippen LogP contribution in [0, 0.1) is 11.8 Å². The number of likely N-dealkylation sites (tertiary alicyclic amines) is 1. The molecule has 6 rings (SSSR count). The number of ether oxygens (including phenoxy) is 2. The number of piperidine rings is 1. The minimum atomic E-state index is -0.998. The van der Waals surface area contributed by atoms with Gasteiger partial charge in [-0.2, -0.15) is 0 Å². The van der Waals surface area contributed by atoms with Crippen LogP contribution < -0.4 is 10.6 Å². The molecule has 3 aromatic carbocycles. The van der Waals surface area contributed by atoms with Gasteiger partial charge < -0.3 is 30.3 Å². The first-order chi connectivity index (χ1) is 25.9. The Kier molecular flexibility index (Phi) is 12.9. The van der Waals surface area contributed by atoms with E-state index < -0.39 is 12.3 Å². The van der Waals surface area contributed by atoms with E-state index in [-0.39, 0.29) is 61.0 Å². The fourth-order valence-electron chi connectivity index (χ4n) is 8.50. The summed E-state index contributed by atoms with van der Waals surface area (Å²) in [7, 11) is 0. The Morgan fingerprint density at radius 1 is 0.833 bits per heavy atom. The summed E-state index contributed by atoms with van der Waals surface area (Å²) < 4.78 is 13.8. The first kappa shape index (κ1) is 39.6. The molecule has 3 fully saturated rings. The summed E-state index contributed by atoms with van der Waals surface area (Å²) in [5.41, 5.74) is 5.25. The van der Waals surface area contributed by atoms with Gasteiger partial charge in [0.1, 0.15) is 0 Å². The van der Waals surface area contributed by atoms with Gasteiger partial charge in [0.15, 0.2) is 6.29 Å². The normalized spacial score (nSPS) is 26.1. The number of carbonyl (C=O) groups excluding carboxylic acids is 2. The highest BCUT2D eigenvalue weighted by atomic mass is 16.7. The maximum atomic E-state index is 13.9. The molecule has 0 bridgehead atoms. The summed E-state index contributed by atoms with van der Waals surface area (Å²) in [4.78, 5) is 39.4. The summed E-state index contributed by atoms with van der Waals surface area (Å²) >= 11 is 0.